The predicted molar refractivity (Wildman–Crippen MR) is 91.6 cm³/mol. The van der Waals surface area contributed by atoms with E-state index in [0.29, 0.717) is 16.8 Å². The number of rotatable bonds is 3. The third-order valence-electron chi connectivity index (χ3n) is 4.15. The zero-order chi connectivity index (χ0) is 18.1. The molecule has 0 radical (unpaired) electrons. The minimum Gasteiger partial charge on any atom is -0.323 e. The summed E-state index contributed by atoms with van der Waals surface area (Å²) in [6.07, 6.45) is 0.0140. The van der Waals surface area contributed by atoms with E-state index in [-0.39, 0.29) is 24.6 Å². The second kappa shape index (κ2) is 6.80. The maximum Gasteiger partial charge on any atom is 0.229 e. The van der Waals surface area contributed by atoms with Gasteiger partial charge in [0.1, 0.15) is 11.6 Å². The summed E-state index contributed by atoms with van der Waals surface area (Å²) in [5, 5.41) is 2.94. The number of aryl methyl sites for hydroxylation is 1. The summed E-state index contributed by atoms with van der Waals surface area (Å²) in [7, 11) is 0. The zero-order valence-corrected chi connectivity index (χ0v) is 14.1. The van der Waals surface area contributed by atoms with Crippen LogP contribution in [0.3, 0.4) is 0 Å². The Bertz CT molecular complexity index is 857. The van der Waals surface area contributed by atoms with Crippen LogP contribution in [0, 0.1) is 24.5 Å². The Morgan fingerprint density at radius 3 is 2.68 bits per heavy atom. The quantitative estimate of drug-likeness (QED) is 0.897. The average molecular weight is 365 g/mol. The Balaban J connectivity index is 1.73. The van der Waals surface area contributed by atoms with E-state index in [1.165, 1.54) is 4.90 Å². The fraction of sp³-hybridized carbons (Fsp3) is 0.222. The highest BCUT2D eigenvalue weighted by Crippen LogP contribution is 2.29. The average Bonchev–Trinajstić information content (AvgIpc) is 2.95. The number of carbonyl (C=O) groups excluding carboxylic acids is 2. The predicted octanol–water partition coefficient (Wildman–Crippen LogP) is 3.92. The summed E-state index contributed by atoms with van der Waals surface area (Å²) in [6, 6.07) is 8.13. The molecular weight excluding hydrogens is 350 g/mol. The number of nitrogens with zero attached hydrogens (tertiary/aromatic N) is 1. The van der Waals surface area contributed by atoms with Crippen molar-refractivity contribution >= 4 is 34.8 Å². The van der Waals surface area contributed by atoms with Gasteiger partial charge < -0.3 is 10.2 Å². The van der Waals surface area contributed by atoms with E-state index in [1.54, 1.807) is 18.2 Å². The van der Waals surface area contributed by atoms with E-state index < -0.39 is 23.5 Å². The third kappa shape index (κ3) is 3.64. The number of nitrogens with one attached hydrogen (secondary N) is 1. The van der Waals surface area contributed by atoms with Crippen LogP contribution in [-0.2, 0) is 9.59 Å². The number of hydrogen-bond acceptors (Lipinski definition) is 2. The van der Waals surface area contributed by atoms with Crippen molar-refractivity contribution in [2.75, 3.05) is 16.8 Å². The molecule has 2 aromatic rings. The number of hydrogen-bond donors (Lipinski definition) is 1. The van der Waals surface area contributed by atoms with Crippen molar-refractivity contribution in [2.24, 2.45) is 5.92 Å². The molecule has 0 aliphatic carbocycles. The molecule has 1 fully saturated rings. The van der Waals surface area contributed by atoms with Crippen molar-refractivity contribution in [3.8, 4) is 0 Å². The standard InChI is InChI=1S/C18H15ClF2N2O2/c1-10-2-4-13(8-14(10)19)23-9-11(6-17(23)24)18(25)22-16-5-3-12(20)7-15(16)21/h2-5,7-8,11H,6,9H2,1H3,(H,22,25). The summed E-state index contributed by atoms with van der Waals surface area (Å²) in [5.41, 5.74) is 1.39. The van der Waals surface area contributed by atoms with Crippen molar-refractivity contribution in [1.82, 2.24) is 0 Å². The van der Waals surface area contributed by atoms with Gasteiger partial charge in [-0.15, -0.1) is 0 Å². The topological polar surface area (TPSA) is 49.4 Å². The summed E-state index contributed by atoms with van der Waals surface area (Å²) in [6.45, 7) is 2.03. The van der Waals surface area contributed by atoms with Crippen LogP contribution < -0.4 is 10.2 Å². The van der Waals surface area contributed by atoms with Crippen molar-refractivity contribution in [1.29, 1.82) is 0 Å². The van der Waals surface area contributed by atoms with Gasteiger partial charge >= 0.3 is 0 Å². The van der Waals surface area contributed by atoms with Crippen LogP contribution in [-0.4, -0.2) is 18.4 Å². The van der Waals surface area contributed by atoms with Gasteiger partial charge in [0.25, 0.3) is 0 Å². The minimum atomic E-state index is -0.861. The molecule has 0 saturated carbocycles. The van der Waals surface area contributed by atoms with Crippen molar-refractivity contribution in [3.05, 3.63) is 58.6 Å². The number of amides is 2. The molecule has 4 nitrogen and oxygen atoms in total. The Morgan fingerprint density at radius 2 is 2.00 bits per heavy atom. The largest absolute Gasteiger partial charge is 0.323 e. The van der Waals surface area contributed by atoms with Gasteiger partial charge in [-0.2, -0.15) is 0 Å². The van der Waals surface area contributed by atoms with Gasteiger partial charge in [0.2, 0.25) is 11.8 Å². The van der Waals surface area contributed by atoms with Crippen molar-refractivity contribution in [2.45, 2.75) is 13.3 Å². The number of anilines is 2. The fourth-order valence-electron chi connectivity index (χ4n) is 2.71. The molecule has 1 heterocycles. The van der Waals surface area contributed by atoms with Crippen molar-refractivity contribution < 1.29 is 18.4 Å². The highest BCUT2D eigenvalue weighted by Gasteiger charge is 2.35. The molecule has 3 rings (SSSR count). The molecule has 1 N–H and O–H groups in total. The Morgan fingerprint density at radius 1 is 1.24 bits per heavy atom. The number of halogens is 3. The highest BCUT2D eigenvalue weighted by atomic mass is 35.5. The molecule has 25 heavy (non-hydrogen) atoms. The van der Waals surface area contributed by atoms with Gasteiger partial charge in [-0.1, -0.05) is 17.7 Å². The van der Waals surface area contributed by atoms with Crippen LogP contribution in [0.5, 0.6) is 0 Å². The molecule has 2 aromatic carbocycles. The molecule has 130 valence electrons. The minimum absolute atomic E-state index is 0.0140. The lowest BCUT2D eigenvalue weighted by Gasteiger charge is -2.17. The van der Waals surface area contributed by atoms with Gasteiger partial charge in [-0.25, -0.2) is 8.78 Å². The number of benzene rings is 2. The van der Waals surface area contributed by atoms with Gasteiger partial charge in [-0.05, 0) is 36.8 Å². The first-order chi connectivity index (χ1) is 11.8. The fourth-order valence-corrected chi connectivity index (χ4v) is 2.88. The monoisotopic (exact) mass is 364 g/mol. The van der Waals surface area contributed by atoms with Crippen LogP contribution in [0.2, 0.25) is 5.02 Å². The molecule has 1 saturated heterocycles. The summed E-state index contributed by atoms with van der Waals surface area (Å²) < 4.78 is 26.6. The summed E-state index contributed by atoms with van der Waals surface area (Å²) in [4.78, 5) is 26.0. The van der Waals surface area contributed by atoms with Crippen LogP contribution in [0.1, 0.15) is 12.0 Å². The van der Waals surface area contributed by atoms with Crippen LogP contribution in [0.25, 0.3) is 0 Å². The molecule has 0 aromatic heterocycles. The molecule has 1 aliphatic heterocycles. The van der Waals surface area contributed by atoms with E-state index in [1.807, 2.05) is 6.92 Å². The van der Waals surface area contributed by atoms with Crippen LogP contribution >= 0.6 is 11.6 Å². The molecule has 1 aliphatic rings. The molecule has 1 atom stereocenters. The summed E-state index contributed by atoms with van der Waals surface area (Å²) in [5.74, 6) is -2.91. The zero-order valence-electron chi connectivity index (χ0n) is 13.4. The Kier molecular flexibility index (Phi) is 4.72. The second-order valence-corrected chi connectivity index (χ2v) is 6.36. The lowest BCUT2D eigenvalue weighted by Crippen LogP contribution is -2.28. The molecule has 0 bridgehead atoms. The van der Waals surface area contributed by atoms with E-state index in [2.05, 4.69) is 5.32 Å². The Labute approximate surface area is 148 Å². The van der Waals surface area contributed by atoms with E-state index >= 15 is 0 Å². The smallest absolute Gasteiger partial charge is 0.229 e. The SMILES string of the molecule is Cc1ccc(N2CC(C(=O)Nc3ccc(F)cc3F)CC2=O)cc1Cl. The molecule has 0 spiro atoms. The van der Waals surface area contributed by atoms with Crippen molar-refractivity contribution in [3.63, 3.8) is 0 Å². The maximum atomic E-state index is 13.7. The molecule has 1 unspecified atom stereocenters. The van der Waals surface area contributed by atoms with E-state index in [0.717, 1.165) is 17.7 Å². The summed E-state index contributed by atoms with van der Waals surface area (Å²) >= 11 is 6.09. The van der Waals surface area contributed by atoms with Gasteiger partial charge in [-0.3, -0.25) is 9.59 Å². The highest BCUT2D eigenvalue weighted by molar-refractivity contribution is 6.31. The van der Waals surface area contributed by atoms with E-state index in [9.17, 15) is 18.4 Å². The normalized spacial score (nSPS) is 17.0. The van der Waals surface area contributed by atoms with Crippen LogP contribution in [0.4, 0.5) is 20.2 Å². The van der Waals surface area contributed by atoms with E-state index in [4.69, 9.17) is 11.6 Å². The lowest BCUT2D eigenvalue weighted by molar-refractivity contribution is -0.122. The Hall–Kier alpha value is -2.47. The van der Waals surface area contributed by atoms with Gasteiger partial charge in [0.05, 0.1) is 11.6 Å². The van der Waals surface area contributed by atoms with Crippen LogP contribution in [0.15, 0.2) is 36.4 Å². The van der Waals surface area contributed by atoms with Gasteiger partial charge in [0.15, 0.2) is 0 Å². The number of carbonyl (C=O) groups is 2. The first-order valence-corrected chi connectivity index (χ1v) is 8.05. The molecular formula is C18H15ClF2N2O2. The first kappa shape index (κ1) is 17.4. The first-order valence-electron chi connectivity index (χ1n) is 7.67. The van der Waals surface area contributed by atoms with Gasteiger partial charge in [0, 0.05) is 29.7 Å². The maximum absolute atomic E-state index is 13.7. The lowest BCUT2D eigenvalue weighted by atomic mass is 10.1. The molecule has 7 heteroatoms. The third-order valence-corrected chi connectivity index (χ3v) is 4.56. The molecule has 2 amide bonds. The second-order valence-electron chi connectivity index (χ2n) is 5.95.